The maximum absolute atomic E-state index is 5.49. The van der Waals surface area contributed by atoms with Crippen LogP contribution < -0.4 is 14.4 Å². The van der Waals surface area contributed by atoms with E-state index in [0.29, 0.717) is 0 Å². The van der Waals surface area contributed by atoms with Gasteiger partial charge in [-0.3, -0.25) is 0 Å². The molecule has 3 rings (SSSR count). The monoisotopic (exact) mass is 286 g/mol. The summed E-state index contributed by atoms with van der Waals surface area (Å²) in [4.78, 5) is 7.23. The van der Waals surface area contributed by atoms with Gasteiger partial charge in [-0.1, -0.05) is 0 Å². The number of fused-ring (bicyclic) bond motifs is 1. The maximum atomic E-state index is 5.49. The standard InChI is InChI=1S/C17H22N2O2/c1-12-11-15(19-9-5-4-6-10-19)18-17-14(21-3)8-7-13(20-2)16(12)17/h7-8,11H,4-6,9-10H2,1-3H3. The normalized spacial score (nSPS) is 15.3. The van der Waals surface area contributed by atoms with Crippen molar-refractivity contribution in [2.75, 3.05) is 32.2 Å². The minimum Gasteiger partial charge on any atom is -0.496 e. The number of aromatic nitrogens is 1. The largest absolute Gasteiger partial charge is 0.496 e. The Morgan fingerprint density at radius 3 is 2.33 bits per heavy atom. The number of methoxy groups -OCH3 is 2. The quantitative estimate of drug-likeness (QED) is 0.864. The predicted molar refractivity (Wildman–Crippen MR) is 85.6 cm³/mol. The second-order valence-corrected chi connectivity index (χ2v) is 5.54. The fraction of sp³-hybridized carbons (Fsp3) is 0.471. The average Bonchev–Trinajstić information content (AvgIpc) is 2.54. The molecule has 1 saturated heterocycles. The molecule has 0 aliphatic carbocycles. The first kappa shape index (κ1) is 14.0. The zero-order valence-electron chi connectivity index (χ0n) is 13.0. The van der Waals surface area contributed by atoms with Crippen molar-refractivity contribution in [2.24, 2.45) is 0 Å². The number of benzene rings is 1. The summed E-state index contributed by atoms with van der Waals surface area (Å²) in [6.07, 6.45) is 3.81. The molecule has 0 atom stereocenters. The van der Waals surface area contributed by atoms with Crippen LogP contribution in [-0.2, 0) is 0 Å². The molecule has 1 aromatic heterocycles. The molecular formula is C17H22N2O2. The lowest BCUT2D eigenvalue weighted by Crippen LogP contribution is -2.30. The molecule has 1 fully saturated rings. The Morgan fingerprint density at radius 2 is 1.67 bits per heavy atom. The zero-order chi connectivity index (χ0) is 14.8. The summed E-state index contributed by atoms with van der Waals surface area (Å²) in [5.41, 5.74) is 2.06. The molecular weight excluding hydrogens is 264 g/mol. The molecule has 0 N–H and O–H groups in total. The summed E-state index contributed by atoms with van der Waals surface area (Å²) in [6, 6.07) is 6.03. The van der Waals surface area contributed by atoms with Gasteiger partial charge in [0.15, 0.2) is 0 Å². The van der Waals surface area contributed by atoms with Crippen LogP contribution >= 0.6 is 0 Å². The zero-order valence-corrected chi connectivity index (χ0v) is 13.0. The molecule has 21 heavy (non-hydrogen) atoms. The molecule has 4 nitrogen and oxygen atoms in total. The van der Waals surface area contributed by atoms with Crippen LogP contribution in [0.15, 0.2) is 18.2 Å². The van der Waals surface area contributed by atoms with Crippen LogP contribution in [0, 0.1) is 6.92 Å². The number of rotatable bonds is 3. The van der Waals surface area contributed by atoms with Gasteiger partial charge >= 0.3 is 0 Å². The Labute approximate surface area is 125 Å². The summed E-state index contributed by atoms with van der Waals surface area (Å²) in [7, 11) is 3.38. The van der Waals surface area contributed by atoms with Crippen molar-refractivity contribution in [1.82, 2.24) is 4.98 Å². The fourth-order valence-electron chi connectivity index (χ4n) is 3.08. The van der Waals surface area contributed by atoms with Crippen LogP contribution in [0.25, 0.3) is 10.9 Å². The summed E-state index contributed by atoms with van der Waals surface area (Å²) >= 11 is 0. The van der Waals surface area contributed by atoms with Crippen LogP contribution in [0.5, 0.6) is 11.5 Å². The van der Waals surface area contributed by atoms with Gasteiger partial charge < -0.3 is 14.4 Å². The molecule has 1 aromatic carbocycles. The molecule has 2 aromatic rings. The molecule has 4 heteroatoms. The van der Waals surface area contributed by atoms with Crippen LogP contribution in [0.3, 0.4) is 0 Å². The highest BCUT2D eigenvalue weighted by Crippen LogP contribution is 2.36. The third-order valence-electron chi connectivity index (χ3n) is 4.19. The summed E-state index contributed by atoms with van der Waals surface area (Å²) < 4.78 is 11.0. The minimum atomic E-state index is 0.799. The van der Waals surface area contributed by atoms with Gasteiger partial charge in [0, 0.05) is 18.5 Å². The van der Waals surface area contributed by atoms with Gasteiger partial charge in [-0.05, 0) is 49.9 Å². The van der Waals surface area contributed by atoms with E-state index >= 15 is 0 Å². The van der Waals surface area contributed by atoms with Crippen molar-refractivity contribution in [1.29, 1.82) is 0 Å². The van der Waals surface area contributed by atoms with E-state index in [0.717, 1.165) is 41.3 Å². The van der Waals surface area contributed by atoms with Gasteiger partial charge in [-0.25, -0.2) is 4.98 Å². The van der Waals surface area contributed by atoms with Crippen LogP contribution in [-0.4, -0.2) is 32.3 Å². The van der Waals surface area contributed by atoms with Crippen molar-refractivity contribution < 1.29 is 9.47 Å². The Bertz CT molecular complexity index is 649. The third kappa shape index (κ3) is 2.50. The Morgan fingerprint density at radius 1 is 1.00 bits per heavy atom. The lowest BCUT2D eigenvalue weighted by atomic mass is 10.1. The smallest absolute Gasteiger partial charge is 0.145 e. The van der Waals surface area contributed by atoms with E-state index in [4.69, 9.17) is 14.5 Å². The first-order valence-electron chi connectivity index (χ1n) is 7.52. The van der Waals surface area contributed by atoms with Crippen LogP contribution in [0.4, 0.5) is 5.82 Å². The summed E-state index contributed by atoms with van der Waals surface area (Å²) in [6.45, 7) is 4.29. The number of nitrogens with zero attached hydrogens (tertiary/aromatic N) is 2. The van der Waals surface area contributed by atoms with Gasteiger partial charge in [0.2, 0.25) is 0 Å². The van der Waals surface area contributed by atoms with E-state index in [-0.39, 0.29) is 0 Å². The average molecular weight is 286 g/mol. The summed E-state index contributed by atoms with van der Waals surface area (Å²) in [5, 5.41) is 1.04. The van der Waals surface area contributed by atoms with Crippen molar-refractivity contribution in [3.05, 3.63) is 23.8 Å². The van der Waals surface area contributed by atoms with Crippen LogP contribution in [0.2, 0.25) is 0 Å². The van der Waals surface area contributed by atoms with E-state index in [1.54, 1.807) is 14.2 Å². The molecule has 1 aliphatic heterocycles. The lowest BCUT2D eigenvalue weighted by molar-refractivity contribution is 0.409. The highest BCUT2D eigenvalue weighted by atomic mass is 16.5. The first-order chi connectivity index (χ1) is 10.2. The predicted octanol–water partition coefficient (Wildman–Crippen LogP) is 3.55. The number of aryl methyl sites for hydroxylation is 1. The van der Waals surface area contributed by atoms with Gasteiger partial charge in [-0.2, -0.15) is 0 Å². The van der Waals surface area contributed by atoms with Gasteiger partial charge in [-0.15, -0.1) is 0 Å². The number of hydrogen-bond donors (Lipinski definition) is 0. The number of hydrogen-bond acceptors (Lipinski definition) is 4. The lowest BCUT2D eigenvalue weighted by Gasteiger charge is -2.28. The molecule has 0 radical (unpaired) electrons. The van der Waals surface area contributed by atoms with Crippen molar-refractivity contribution in [2.45, 2.75) is 26.2 Å². The van der Waals surface area contributed by atoms with Gasteiger partial charge in [0.1, 0.15) is 22.8 Å². The highest BCUT2D eigenvalue weighted by molar-refractivity contribution is 5.94. The molecule has 0 amide bonds. The van der Waals surface area contributed by atoms with E-state index < -0.39 is 0 Å². The molecule has 0 bridgehead atoms. The Balaban J connectivity index is 2.17. The molecule has 1 aliphatic rings. The first-order valence-corrected chi connectivity index (χ1v) is 7.52. The minimum absolute atomic E-state index is 0.799. The van der Waals surface area contributed by atoms with Gasteiger partial charge in [0.05, 0.1) is 14.2 Å². The molecule has 2 heterocycles. The SMILES string of the molecule is COc1ccc(OC)c2c(C)cc(N3CCCCC3)nc12. The Kier molecular flexibility index (Phi) is 3.86. The Hall–Kier alpha value is -1.97. The second kappa shape index (κ2) is 5.80. The van der Waals surface area contributed by atoms with E-state index in [1.807, 2.05) is 12.1 Å². The number of pyridine rings is 1. The fourth-order valence-corrected chi connectivity index (χ4v) is 3.08. The molecule has 112 valence electrons. The number of piperidine rings is 1. The van der Waals surface area contributed by atoms with Crippen molar-refractivity contribution >= 4 is 16.7 Å². The van der Waals surface area contributed by atoms with E-state index in [1.165, 1.54) is 24.8 Å². The van der Waals surface area contributed by atoms with Crippen molar-refractivity contribution in [3.63, 3.8) is 0 Å². The topological polar surface area (TPSA) is 34.6 Å². The maximum Gasteiger partial charge on any atom is 0.145 e. The molecule has 0 unspecified atom stereocenters. The van der Waals surface area contributed by atoms with E-state index in [2.05, 4.69) is 17.9 Å². The van der Waals surface area contributed by atoms with Crippen molar-refractivity contribution in [3.8, 4) is 11.5 Å². The second-order valence-electron chi connectivity index (χ2n) is 5.54. The number of anilines is 1. The van der Waals surface area contributed by atoms with E-state index in [9.17, 15) is 0 Å². The van der Waals surface area contributed by atoms with Crippen LogP contribution in [0.1, 0.15) is 24.8 Å². The number of ether oxygens (including phenoxy) is 2. The van der Waals surface area contributed by atoms with Gasteiger partial charge in [0.25, 0.3) is 0 Å². The highest BCUT2D eigenvalue weighted by Gasteiger charge is 2.17. The molecule has 0 spiro atoms. The third-order valence-corrected chi connectivity index (χ3v) is 4.19. The summed E-state index contributed by atoms with van der Waals surface area (Å²) in [5.74, 6) is 2.69. The molecule has 0 saturated carbocycles.